The van der Waals surface area contributed by atoms with Crippen molar-refractivity contribution in [3.63, 3.8) is 0 Å². The van der Waals surface area contributed by atoms with E-state index < -0.39 is 45.6 Å². The molecular formula is C22H17F2NO5S. The number of halogens is 2. The van der Waals surface area contributed by atoms with Crippen molar-refractivity contribution in [2.45, 2.75) is 4.90 Å². The van der Waals surface area contributed by atoms with Gasteiger partial charge in [0.1, 0.15) is 16.5 Å². The molecule has 0 unspecified atom stereocenters. The fraction of sp³-hybridized carbons (Fsp3) is 0.0909. The third kappa shape index (κ3) is 4.77. The molecule has 0 aliphatic rings. The third-order valence-corrected chi connectivity index (χ3v) is 6.27. The van der Waals surface area contributed by atoms with Gasteiger partial charge in [0.15, 0.2) is 6.61 Å². The Morgan fingerprint density at radius 3 is 2.23 bits per heavy atom. The second-order valence-electron chi connectivity index (χ2n) is 6.43. The van der Waals surface area contributed by atoms with Crippen molar-refractivity contribution in [2.75, 3.05) is 18.0 Å². The molecule has 0 aliphatic heterocycles. The Bertz CT molecular complexity index is 1230. The standard InChI is InChI=1S/C22H17F2NO5S/c1-25(16-7-3-2-4-8-16)31(28,29)21-10-6-5-9-18(21)22(27)30-14-20(26)17-12-11-15(23)13-19(17)24/h2-13H,14H2,1H3. The van der Waals surface area contributed by atoms with Crippen molar-refractivity contribution in [3.05, 3.63) is 95.6 Å². The van der Waals surface area contributed by atoms with E-state index in [1.807, 2.05) is 0 Å². The molecule has 0 fully saturated rings. The summed E-state index contributed by atoms with van der Waals surface area (Å²) in [6.07, 6.45) is 0. The molecule has 160 valence electrons. The molecule has 0 aliphatic carbocycles. The minimum Gasteiger partial charge on any atom is -0.454 e. The molecule has 3 aromatic carbocycles. The van der Waals surface area contributed by atoms with E-state index in [0.717, 1.165) is 16.4 Å². The minimum atomic E-state index is -4.12. The van der Waals surface area contributed by atoms with Crippen LogP contribution in [-0.2, 0) is 14.8 Å². The highest BCUT2D eigenvalue weighted by atomic mass is 32.2. The number of nitrogens with zero attached hydrogens (tertiary/aromatic N) is 1. The number of anilines is 1. The topological polar surface area (TPSA) is 80.8 Å². The van der Waals surface area contributed by atoms with Crippen LogP contribution in [0.5, 0.6) is 0 Å². The van der Waals surface area contributed by atoms with Crippen LogP contribution in [-0.4, -0.2) is 33.8 Å². The van der Waals surface area contributed by atoms with E-state index in [2.05, 4.69) is 0 Å². The van der Waals surface area contributed by atoms with Gasteiger partial charge < -0.3 is 4.74 Å². The number of Topliss-reactive ketones (excluding diaryl/α,β-unsaturated/α-hetero) is 1. The predicted molar refractivity (Wildman–Crippen MR) is 109 cm³/mol. The first-order chi connectivity index (χ1) is 14.7. The maximum atomic E-state index is 13.7. The van der Waals surface area contributed by atoms with Gasteiger partial charge >= 0.3 is 5.97 Å². The smallest absolute Gasteiger partial charge is 0.339 e. The van der Waals surface area contributed by atoms with Crippen molar-refractivity contribution in [1.29, 1.82) is 0 Å². The summed E-state index contributed by atoms with van der Waals surface area (Å²) in [5.41, 5.74) is -0.343. The molecule has 0 saturated heterocycles. The maximum Gasteiger partial charge on any atom is 0.339 e. The summed E-state index contributed by atoms with van der Waals surface area (Å²) in [5.74, 6) is -3.91. The van der Waals surface area contributed by atoms with Gasteiger partial charge in [-0.3, -0.25) is 9.10 Å². The van der Waals surface area contributed by atoms with Gasteiger partial charge in [-0.2, -0.15) is 0 Å². The fourth-order valence-corrected chi connectivity index (χ4v) is 4.16. The van der Waals surface area contributed by atoms with Crippen molar-refractivity contribution < 1.29 is 31.5 Å². The largest absolute Gasteiger partial charge is 0.454 e. The summed E-state index contributed by atoms with van der Waals surface area (Å²) in [4.78, 5) is 24.3. The molecule has 0 saturated carbocycles. The Labute approximate surface area is 177 Å². The second-order valence-corrected chi connectivity index (χ2v) is 8.37. The average Bonchev–Trinajstić information content (AvgIpc) is 2.77. The number of ketones is 1. The number of benzene rings is 3. The highest BCUT2D eigenvalue weighted by Gasteiger charge is 2.28. The van der Waals surface area contributed by atoms with E-state index in [9.17, 15) is 26.8 Å². The Hall–Kier alpha value is -3.59. The number of carbonyl (C=O) groups excluding carboxylic acids is 2. The number of hydrogen-bond acceptors (Lipinski definition) is 5. The summed E-state index contributed by atoms with van der Waals surface area (Å²) in [5, 5.41) is 0. The molecule has 31 heavy (non-hydrogen) atoms. The molecule has 0 aromatic heterocycles. The molecule has 0 radical (unpaired) electrons. The predicted octanol–water partition coefficient (Wildman–Crippen LogP) is 3.83. The number of ether oxygens (including phenoxy) is 1. The zero-order valence-corrected chi connectivity index (χ0v) is 17.1. The van der Waals surface area contributed by atoms with E-state index in [4.69, 9.17) is 4.74 Å². The van der Waals surface area contributed by atoms with Crippen LogP contribution < -0.4 is 4.31 Å². The lowest BCUT2D eigenvalue weighted by atomic mass is 10.1. The zero-order valence-electron chi connectivity index (χ0n) is 16.3. The Kier molecular flexibility index (Phi) is 6.45. The molecule has 0 bridgehead atoms. The second kappa shape index (κ2) is 9.05. The lowest BCUT2D eigenvalue weighted by Crippen LogP contribution is -2.28. The molecule has 9 heteroatoms. The van der Waals surface area contributed by atoms with Crippen molar-refractivity contribution in [1.82, 2.24) is 0 Å². The first-order valence-electron chi connectivity index (χ1n) is 9.00. The third-order valence-electron chi connectivity index (χ3n) is 4.43. The monoisotopic (exact) mass is 445 g/mol. The van der Waals surface area contributed by atoms with E-state index >= 15 is 0 Å². The molecule has 0 atom stereocenters. The molecular weight excluding hydrogens is 428 g/mol. The number of para-hydroxylation sites is 1. The van der Waals surface area contributed by atoms with Crippen LogP contribution in [0, 0.1) is 11.6 Å². The molecule has 0 heterocycles. The van der Waals surface area contributed by atoms with Crippen LogP contribution in [0.15, 0.2) is 77.7 Å². The fourth-order valence-electron chi connectivity index (χ4n) is 2.79. The van der Waals surface area contributed by atoms with Crippen LogP contribution in [0.3, 0.4) is 0 Å². The normalized spacial score (nSPS) is 11.1. The molecule has 3 rings (SSSR count). The lowest BCUT2D eigenvalue weighted by molar-refractivity contribution is 0.0469. The van der Waals surface area contributed by atoms with E-state index in [0.29, 0.717) is 11.8 Å². The zero-order chi connectivity index (χ0) is 22.6. The molecule has 0 amide bonds. The van der Waals surface area contributed by atoms with E-state index in [-0.39, 0.29) is 10.5 Å². The quantitative estimate of drug-likeness (QED) is 0.408. The first kappa shape index (κ1) is 22.1. The van der Waals surface area contributed by atoms with Crippen molar-refractivity contribution >= 4 is 27.5 Å². The lowest BCUT2D eigenvalue weighted by Gasteiger charge is -2.20. The number of esters is 1. The minimum absolute atomic E-state index is 0.280. The number of rotatable bonds is 7. The molecule has 0 spiro atoms. The highest BCUT2D eigenvalue weighted by Crippen LogP contribution is 2.25. The van der Waals surface area contributed by atoms with Gasteiger partial charge in [-0.1, -0.05) is 30.3 Å². The Balaban J connectivity index is 1.82. The number of carbonyl (C=O) groups is 2. The van der Waals surface area contributed by atoms with Crippen LogP contribution in [0.4, 0.5) is 14.5 Å². The molecule has 0 N–H and O–H groups in total. The van der Waals surface area contributed by atoms with Gasteiger partial charge in [0.05, 0.1) is 16.8 Å². The van der Waals surface area contributed by atoms with Crippen LogP contribution >= 0.6 is 0 Å². The van der Waals surface area contributed by atoms with Crippen LogP contribution in [0.25, 0.3) is 0 Å². The SMILES string of the molecule is CN(c1ccccc1)S(=O)(=O)c1ccccc1C(=O)OCC(=O)c1ccc(F)cc1F. The van der Waals surface area contributed by atoms with Gasteiger partial charge in [0, 0.05) is 13.1 Å². The Morgan fingerprint density at radius 2 is 1.55 bits per heavy atom. The van der Waals surface area contributed by atoms with Gasteiger partial charge in [-0.15, -0.1) is 0 Å². The Morgan fingerprint density at radius 1 is 0.903 bits per heavy atom. The number of hydrogen-bond donors (Lipinski definition) is 0. The summed E-state index contributed by atoms with van der Waals surface area (Å²) >= 11 is 0. The van der Waals surface area contributed by atoms with E-state index in [1.54, 1.807) is 30.3 Å². The summed E-state index contributed by atoms with van der Waals surface area (Å²) in [6, 6.07) is 16.0. The van der Waals surface area contributed by atoms with Gasteiger partial charge in [-0.05, 0) is 36.4 Å². The van der Waals surface area contributed by atoms with Gasteiger partial charge in [0.25, 0.3) is 10.0 Å². The summed E-state index contributed by atoms with van der Waals surface area (Å²) < 4.78 is 58.8. The summed E-state index contributed by atoms with van der Waals surface area (Å²) in [6.45, 7) is -0.843. The van der Waals surface area contributed by atoms with Crippen molar-refractivity contribution in [3.8, 4) is 0 Å². The first-order valence-corrected chi connectivity index (χ1v) is 10.4. The van der Waals surface area contributed by atoms with E-state index in [1.165, 1.54) is 31.3 Å². The van der Waals surface area contributed by atoms with Gasteiger partial charge in [-0.25, -0.2) is 22.0 Å². The number of sulfonamides is 1. The average molecular weight is 445 g/mol. The van der Waals surface area contributed by atoms with Crippen molar-refractivity contribution in [2.24, 2.45) is 0 Å². The van der Waals surface area contributed by atoms with Crippen LogP contribution in [0.2, 0.25) is 0 Å². The summed E-state index contributed by atoms with van der Waals surface area (Å²) in [7, 11) is -2.78. The highest BCUT2D eigenvalue weighted by molar-refractivity contribution is 7.92. The molecule has 6 nitrogen and oxygen atoms in total. The van der Waals surface area contributed by atoms with Crippen LogP contribution in [0.1, 0.15) is 20.7 Å². The van der Waals surface area contributed by atoms with Gasteiger partial charge in [0.2, 0.25) is 5.78 Å². The maximum absolute atomic E-state index is 13.7. The molecule has 3 aromatic rings.